The zero-order chi connectivity index (χ0) is 15.4. The smallest absolute Gasteiger partial charge is 0.262 e. The molecule has 6 heteroatoms. The maximum atomic E-state index is 8.77. The van der Waals surface area contributed by atoms with Gasteiger partial charge in [-0.05, 0) is 12.8 Å². The summed E-state index contributed by atoms with van der Waals surface area (Å²) < 4.78 is 9.89. The van der Waals surface area contributed by atoms with Gasteiger partial charge in [0.25, 0.3) is 7.82 Å². The van der Waals surface area contributed by atoms with E-state index < -0.39 is 7.82 Å². The van der Waals surface area contributed by atoms with Gasteiger partial charge in [0.1, 0.15) is 0 Å². The second-order valence-electron chi connectivity index (χ2n) is 5.98. The van der Waals surface area contributed by atoms with E-state index in [0.29, 0.717) is 0 Å². The molecule has 0 rings (SSSR count). The molecule has 19 heavy (non-hydrogen) atoms. The number of rotatable bonds is 9. The maximum absolute atomic E-state index is 8.77. The summed E-state index contributed by atoms with van der Waals surface area (Å²) in [5, 5.41) is 0. The van der Waals surface area contributed by atoms with Crippen molar-refractivity contribution in [3.63, 3.8) is 0 Å². The van der Waals surface area contributed by atoms with Crippen LogP contribution < -0.4 is 4.89 Å². The third kappa shape index (κ3) is 38.1. The summed E-state index contributed by atoms with van der Waals surface area (Å²) in [5.74, 6) is 0. The highest BCUT2D eigenvalue weighted by molar-refractivity contribution is 7.43. The molecule has 5 nitrogen and oxygen atoms in total. The van der Waals surface area contributed by atoms with E-state index >= 15 is 0 Å². The van der Waals surface area contributed by atoms with Gasteiger partial charge in [0.15, 0.2) is 0 Å². The van der Waals surface area contributed by atoms with Crippen LogP contribution in [0.3, 0.4) is 0 Å². The Labute approximate surface area is 118 Å². The molecule has 0 aromatic carbocycles. The SMILES string of the molecule is CCCCCCCCCC[N+](C)(C)C.O=P([O-])(O)O. The molecule has 0 heterocycles. The Hall–Kier alpha value is 0.0700. The van der Waals surface area contributed by atoms with Crippen molar-refractivity contribution in [1.82, 2.24) is 0 Å². The molecular formula is C13H32NO4P. The Balaban J connectivity index is 0. The molecular weight excluding hydrogens is 265 g/mol. The first-order valence-corrected chi connectivity index (χ1v) is 8.66. The molecule has 118 valence electrons. The highest BCUT2D eigenvalue weighted by Gasteiger charge is 2.04. The molecule has 0 amide bonds. The van der Waals surface area contributed by atoms with Crippen LogP contribution in [0, 0.1) is 0 Å². The molecule has 0 unspecified atom stereocenters. The van der Waals surface area contributed by atoms with Crippen LogP contribution in [0.25, 0.3) is 0 Å². The summed E-state index contributed by atoms with van der Waals surface area (Å²) in [7, 11) is 1.95. The molecule has 0 saturated heterocycles. The Morgan fingerprint density at radius 2 is 1.21 bits per heavy atom. The van der Waals surface area contributed by atoms with Gasteiger partial charge in [-0.1, -0.05) is 45.4 Å². The van der Waals surface area contributed by atoms with Crippen LogP contribution >= 0.6 is 7.82 Å². The lowest BCUT2D eigenvalue weighted by Crippen LogP contribution is -2.35. The number of hydrogen-bond donors (Lipinski definition) is 2. The number of nitrogens with zero attached hydrogens (tertiary/aromatic N) is 1. The standard InChI is InChI=1S/C13H30N.H3O4P/c1-5-6-7-8-9-10-11-12-13-14(2,3)4;1-5(2,3)4/h5-13H2,1-4H3;(H3,1,2,3,4)/q+1;/p-1. The second kappa shape index (κ2) is 11.9. The fourth-order valence-corrected chi connectivity index (χ4v) is 1.72. The van der Waals surface area contributed by atoms with Crippen molar-refractivity contribution in [2.75, 3.05) is 27.7 Å². The summed E-state index contributed by atoms with van der Waals surface area (Å²) in [4.78, 5) is 22.9. The summed E-state index contributed by atoms with van der Waals surface area (Å²) in [6.07, 6.45) is 11.4. The van der Waals surface area contributed by atoms with Crippen molar-refractivity contribution in [2.45, 2.75) is 58.3 Å². The van der Waals surface area contributed by atoms with Crippen LogP contribution in [-0.2, 0) is 4.57 Å². The maximum Gasteiger partial charge on any atom is 0.262 e. The normalized spacial score (nSPS) is 11.9. The quantitative estimate of drug-likeness (QED) is 0.389. The molecule has 0 aliphatic rings. The number of hydrogen-bond acceptors (Lipinski definition) is 2. The van der Waals surface area contributed by atoms with Crippen LogP contribution in [-0.4, -0.2) is 42.0 Å². The molecule has 0 aromatic heterocycles. The molecule has 0 aliphatic carbocycles. The summed E-state index contributed by atoms with van der Waals surface area (Å²) in [6.45, 7) is 3.61. The van der Waals surface area contributed by atoms with Gasteiger partial charge in [0, 0.05) is 0 Å². The Morgan fingerprint density at radius 3 is 1.53 bits per heavy atom. The van der Waals surface area contributed by atoms with Gasteiger partial charge in [-0.25, -0.2) is 0 Å². The average Bonchev–Trinajstić information content (AvgIpc) is 2.18. The van der Waals surface area contributed by atoms with Crippen molar-refractivity contribution in [3.05, 3.63) is 0 Å². The molecule has 0 spiro atoms. The monoisotopic (exact) mass is 297 g/mol. The van der Waals surface area contributed by atoms with Crippen LogP contribution in [0.1, 0.15) is 58.3 Å². The van der Waals surface area contributed by atoms with Gasteiger partial charge in [-0.3, -0.25) is 4.57 Å². The Kier molecular flexibility index (Phi) is 13.3. The molecule has 0 radical (unpaired) electrons. The first-order chi connectivity index (χ1) is 8.56. The predicted octanol–water partition coefficient (Wildman–Crippen LogP) is 2.27. The minimum absolute atomic E-state index is 1.12. The topological polar surface area (TPSA) is 80.6 Å². The number of unbranched alkanes of at least 4 members (excludes halogenated alkanes) is 7. The van der Waals surface area contributed by atoms with Crippen LogP contribution in [0.5, 0.6) is 0 Å². The summed E-state index contributed by atoms with van der Waals surface area (Å²) >= 11 is 0. The van der Waals surface area contributed by atoms with E-state index in [0.717, 1.165) is 4.48 Å². The van der Waals surface area contributed by atoms with Gasteiger partial charge in [-0.2, -0.15) is 0 Å². The Bertz CT molecular complexity index is 227. The predicted molar refractivity (Wildman–Crippen MR) is 77.6 cm³/mol. The van der Waals surface area contributed by atoms with Gasteiger partial charge in [-0.15, -0.1) is 0 Å². The molecule has 0 aromatic rings. The molecule has 0 saturated carbocycles. The highest BCUT2D eigenvalue weighted by atomic mass is 31.2. The van der Waals surface area contributed by atoms with E-state index in [4.69, 9.17) is 19.2 Å². The molecule has 0 aliphatic heterocycles. The van der Waals surface area contributed by atoms with E-state index in [1.807, 2.05) is 0 Å². The molecule has 2 N–H and O–H groups in total. The van der Waals surface area contributed by atoms with Crippen LogP contribution in [0.2, 0.25) is 0 Å². The number of phosphoric acid groups is 1. The van der Waals surface area contributed by atoms with Crippen molar-refractivity contribution < 1.29 is 23.7 Å². The average molecular weight is 297 g/mol. The second-order valence-corrected chi connectivity index (χ2v) is 6.96. The van der Waals surface area contributed by atoms with Crippen molar-refractivity contribution >= 4 is 7.82 Å². The summed E-state index contributed by atoms with van der Waals surface area (Å²) in [5.41, 5.74) is 0. The van der Waals surface area contributed by atoms with E-state index in [2.05, 4.69) is 28.1 Å². The van der Waals surface area contributed by atoms with E-state index in [9.17, 15) is 0 Å². The minimum atomic E-state index is -4.89. The van der Waals surface area contributed by atoms with E-state index in [-0.39, 0.29) is 0 Å². The zero-order valence-electron chi connectivity index (χ0n) is 13.0. The van der Waals surface area contributed by atoms with Gasteiger partial charge >= 0.3 is 0 Å². The Morgan fingerprint density at radius 1 is 0.895 bits per heavy atom. The van der Waals surface area contributed by atoms with E-state index in [1.165, 1.54) is 57.9 Å². The minimum Gasteiger partial charge on any atom is -0.756 e. The lowest BCUT2D eigenvalue weighted by molar-refractivity contribution is -0.870. The lowest BCUT2D eigenvalue weighted by Gasteiger charge is -2.23. The molecule has 0 atom stereocenters. The van der Waals surface area contributed by atoms with Crippen LogP contribution in [0.4, 0.5) is 0 Å². The largest absolute Gasteiger partial charge is 0.756 e. The van der Waals surface area contributed by atoms with E-state index in [1.54, 1.807) is 0 Å². The van der Waals surface area contributed by atoms with Crippen LogP contribution in [0.15, 0.2) is 0 Å². The van der Waals surface area contributed by atoms with Gasteiger partial charge in [0.2, 0.25) is 0 Å². The van der Waals surface area contributed by atoms with Crippen molar-refractivity contribution in [1.29, 1.82) is 0 Å². The lowest BCUT2D eigenvalue weighted by atomic mass is 10.1. The third-order valence-corrected chi connectivity index (χ3v) is 2.68. The fraction of sp³-hybridized carbons (Fsp3) is 1.00. The molecule has 0 fully saturated rings. The first-order valence-electron chi connectivity index (χ1n) is 7.13. The highest BCUT2D eigenvalue weighted by Crippen LogP contribution is 2.19. The van der Waals surface area contributed by atoms with Gasteiger partial charge < -0.3 is 19.2 Å². The van der Waals surface area contributed by atoms with Crippen molar-refractivity contribution in [2.24, 2.45) is 0 Å². The van der Waals surface area contributed by atoms with Gasteiger partial charge in [0.05, 0.1) is 27.7 Å². The third-order valence-electron chi connectivity index (χ3n) is 2.68. The van der Waals surface area contributed by atoms with Crippen molar-refractivity contribution in [3.8, 4) is 0 Å². The fourth-order valence-electron chi connectivity index (χ4n) is 1.72. The zero-order valence-corrected chi connectivity index (χ0v) is 13.9. The summed E-state index contributed by atoms with van der Waals surface area (Å²) in [6, 6.07) is 0. The first kappa shape index (κ1) is 21.4. The number of quaternary nitrogens is 1. The molecule has 0 bridgehead atoms.